The number of nitrogens with zero attached hydrogens (tertiary/aromatic N) is 3. The van der Waals surface area contributed by atoms with Crippen molar-refractivity contribution in [3.8, 4) is 0 Å². The van der Waals surface area contributed by atoms with Crippen molar-refractivity contribution in [2.24, 2.45) is 32.9 Å². The zero-order chi connectivity index (χ0) is 12.8. The van der Waals surface area contributed by atoms with Crippen molar-refractivity contribution in [2.45, 2.75) is 6.17 Å². The Hall–Kier alpha value is -1.81. The van der Waals surface area contributed by atoms with Gasteiger partial charge in [0.15, 0.2) is 22.5 Å². The van der Waals surface area contributed by atoms with Crippen LogP contribution in [0, 0.1) is 5.41 Å². The summed E-state index contributed by atoms with van der Waals surface area (Å²) in [4.78, 5) is 12.0. The summed E-state index contributed by atoms with van der Waals surface area (Å²) >= 11 is 2.21. The van der Waals surface area contributed by atoms with Crippen LogP contribution in [0.15, 0.2) is 20.9 Å². The first-order chi connectivity index (χ1) is 7.99. The minimum absolute atomic E-state index is 0.0977. The molecule has 0 radical (unpaired) electrons. The predicted octanol–water partition coefficient (Wildman–Crippen LogP) is -0.644. The highest BCUT2D eigenvalue weighted by Gasteiger charge is 2.12. The molecule has 1 unspecified atom stereocenters. The van der Waals surface area contributed by atoms with Gasteiger partial charge in [-0.25, -0.2) is 15.0 Å². The molecule has 1 aromatic heterocycles. The summed E-state index contributed by atoms with van der Waals surface area (Å²) in [7, 11) is 0. The lowest BCUT2D eigenvalue weighted by Crippen LogP contribution is -2.24. The minimum atomic E-state index is -0.710. The smallest absolute Gasteiger partial charge is 0.189 e. The molecule has 0 saturated carbocycles. The SMILES string of the molecule is N=C(N)S/C(N)=N\C(N=C(N)N)c1cscn1. The Morgan fingerprint density at radius 2 is 2.06 bits per heavy atom. The monoisotopic (exact) mass is 272 g/mol. The third kappa shape index (κ3) is 4.70. The number of guanidine groups is 1. The zero-order valence-electron chi connectivity index (χ0n) is 8.70. The standard InChI is InChI=1S/C7H12N8S2/c8-5(9)14-4(3-1-16-2-13-3)15-7(12)17-6(10)11/h1-2,4H,(H3,10,11)(H2,12,15)(H4,8,9,14). The van der Waals surface area contributed by atoms with Crippen molar-refractivity contribution < 1.29 is 0 Å². The highest BCUT2D eigenvalue weighted by molar-refractivity contribution is 8.26. The van der Waals surface area contributed by atoms with E-state index in [4.69, 9.17) is 28.3 Å². The molecule has 0 saturated heterocycles. The lowest BCUT2D eigenvalue weighted by Gasteiger charge is -2.06. The molecular formula is C7H12N8S2. The Morgan fingerprint density at radius 3 is 2.53 bits per heavy atom. The van der Waals surface area contributed by atoms with Crippen LogP contribution in [-0.4, -0.2) is 21.3 Å². The second-order valence-electron chi connectivity index (χ2n) is 2.77. The number of hydrogen-bond donors (Lipinski definition) is 5. The third-order valence-electron chi connectivity index (χ3n) is 1.45. The summed E-state index contributed by atoms with van der Waals surface area (Å²) in [5, 5.41) is 8.76. The largest absolute Gasteiger partial charge is 0.378 e. The maximum absolute atomic E-state index is 7.07. The highest BCUT2D eigenvalue weighted by Crippen LogP contribution is 2.19. The molecule has 0 amide bonds. The molecule has 10 heteroatoms. The quantitative estimate of drug-likeness (QED) is 0.362. The molecule has 17 heavy (non-hydrogen) atoms. The second kappa shape index (κ2) is 6.06. The van der Waals surface area contributed by atoms with E-state index in [9.17, 15) is 0 Å². The van der Waals surface area contributed by atoms with Gasteiger partial charge in [0, 0.05) is 5.38 Å². The van der Waals surface area contributed by atoms with E-state index in [1.165, 1.54) is 11.3 Å². The first-order valence-corrected chi connectivity index (χ1v) is 6.07. The van der Waals surface area contributed by atoms with Crippen LogP contribution in [0.2, 0.25) is 0 Å². The van der Waals surface area contributed by atoms with Crippen molar-refractivity contribution in [1.82, 2.24) is 4.98 Å². The molecule has 0 bridgehead atoms. The number of aliphatic imine (C=N–C) groups is 2. The first kappa shape index (κ1) is 13.3. The van der Waals surface area contributed by atoms with Gasteiger partial charge in [-0.15, -0.1) is 11.3 Å². The molecule has 8 nitrogen and oxygen atoms in total. The fourth-order valence-corrected chi connectivity index (χ4v) is 1.85. The molecular weight excluding hydrogens is 260 g/mol. The predicted molar refractivity (Wildman–Crippen MR) is 71.8 cm³/mol. The minimum Gasteiger partial charge on any atom is -0.378 e. The number of nitrogens with one attached hydrogen (secondary N) is 1. The molecule has 0 fully saturated rings. The molecule has 0 aliphatic heterocycles. The van der Waals surface area contributed by atoms with Gasteiger partial charge in [-0.3, -0.25) is 5.41 Å². The van der Waals surface area contributed by atoms with Crippen LogP contribution in [0.25, 0.3) is 0 Å². The van der Waals surface area contributed by atoms with Gasteiger partial charge in [0.25, 0.3) is 0 Å². The Balaban J connectivity index is 2.92. The lowest BCUT2D eigenvalue weighted by atomic mass is 10.4. The fourth-order valence-electron chi connectivity index (χ4n) is 0.911. The number of amidine groups is 2. The number of thiazole rings is 1. The number of thioether (sulfide) groups is 1. The molecule has 0 aliphatic carbocycles. The lowest BCUT2D eigenvalue weighted by molar-refractivity contribution is 0.752. The molecule has 9 N–H and O–H groups in total. The maximum atomic E-state index is 7.07. The molecule has 1 aromatic rings. The molecule has 1 heterocycles. The summed E-state index contributed by atoms with van der Waals surface area (Å²) in [6, 6.07) is 0. The van der Waals surface area contributed by atoms with Crippen molar-refractivity contribution in [3.63, 3.8) is 0 Å². The van der Waals surface area contributed by atoms with Gasteiger partial charge in [0.2, 0.25) is 0 Å². The Bertz CT molecular complexity index is 433. The highest BCUT2D eigenvalue weighted by atomic mass is 32.2. The van der Waals surface area contributed by atoms with E-state index in [-0.39, 0.29) is 16.3 Å². The van der Waals surface area contributed by atoms with Crippen LogP contribution in [0.3, 0.4) is 0 Å². The molecule has 1 atom stereocenters. The number of aromatic nitrogens is 1. The average molecular weight is 272 g/mol. The zero-order valence-corrected chi connectivity index (χ0v) is 10.3. The van der Waals surface area contributed by atoms with E-state index < -0.39 is 6.17 Å². The van der Waals surface area contributed by atoms with Crippen molar-refractivity contribution in [3.05, 3.63) is 16.6 Å². The summed E-state index contributed by atoms with van der Waals surface area (Å²) in [5.74, 6) is -0.118. The van der Waals surface area contributed by atoms with Gasteiger partial charge in [0.05, 0.1) is 11.2 Å². The summed E-state index contributed by atoms with van der Waals surface area (Å²) in [5.41, 5.74) is 23.6. The van der Waals surface area contributed by atoms with Gasteiger partial charge in [-0.05, 0) is 11.8 Å². The molecule has 92 valence electrons. The Kier molecular flexibility index (Phi) is 4.72. The third-order valence-corrected chi connectivity index (χ3v) is 2.59. The van der Waals surface area contributed by atoms with E-state index in [1.54, 1.807) is 10.9 Å². The van der Waals surface area contributed by atoms with Crippen LogP contribution in [0.4, 0.5) is 0 Å². The topological polar surface area (TPSA) is 166 Å². The first-order valence-electron chi connectivity index (χ1n) is 4.31. The molecule has 0 spiro atoms. The van der Waals surface area contributed by atoms with E-state index in [0.29, 0.717) is 5.69 Å². The summed E-state index contributed by atoms with van der Waals surface area (Å²) < 4.78 is 0. The van der Waals surface area contributed by atoms with Gasteiger partial charge < -0.3 is 22.9 Å². The van der Waals surface area contributed by atoms with Crippen molar-refractivity contribution in [1.29, 1.82) is 5.41 Å². The van der Waals surface area contributed by atoms with Gasteiger partial charge in [0.1, 0.15) is 0 Å². The van der Waals surface area contributed by atoms with E-state index >= 15 is 0 Å². The number of rotatable bonds is 3. The normalized spacial score (nSPS) is 13.1. The van der Waals surface area contributed by atoms with E-state index in [1.807, 2.05) is 0 Å². The number of hydrogen-bond acceptors (Lipinski definition) is 6. The van der Waals surface area contributed by atoms with Gasteiger partial charge in [-0.2, -0.15) is 0 Å². The van der Waals surface area contributed by atoms with Crippen molar-refractivity contribution in [2.75, 3.05) is 0 Å². The Labute approximate surface area is 106 Å². The van der Waals surface area contributed by atoms with E-state index in [0.717, 1.165) is 11.8 Å². The molecule has 1 rings (SSSR count). The van der Waals surface area contributed by atoms with Crippen LogP contribution >= 0.6 is 23.1 Å². The van der Waals surface area contributed by atoms with Crippen molar-refractivity contribution >= 4 is 39.4 Å². The summed E-state index contributed by atoms with van der Waals surface area (Å²) in [6.45, 7) is 0. The Morgan fingerprint density at radius 1 is 1.35 bits per heavy atom. The maximum Gasteiger partial charge on any atom is 0.189 e. The molecule has 0 aromatic carbocycles. The number of nitrogens with two attached hydrogens (primary N) is 4. The van der Waals surface area contributed by atoms with E-state index in [2.05, 4.69) is 15.0 Å². The van der Waals surface area contributed by atoms with Crippen LogP contribution in [0.5, 0.6) is 0 Å². The van der Waals surface area contributed by atoms with Gasteiger partial charge in [-0.1, -0.05) is 0 Å². The van der Waals surface area contributed by atoms with Crippen LogP contribution in [-0.2, 0) is 0 Å². The van der Waals surface area contributed by atoms with Gasteiger partial charge >= 0.3 is 0 Å². The summed E-state index contributed by atoms with van der Waals surface area (Å²) in [6.07, 6.45) is -0.710. The average Bonchev–Trinajstić information content (AvgIpc) is 2.66. The molecule has 0 aliphatic rings. The van der Waals surface area contributed by atoms with Crippen LogP contribution < -0.4 is 22.9 Å². The second-order valence-corrected chi connectivity index (χ2v) is 4.56. The fraction of sp³-hybridized carbons (Fsp3) is 0.143. The van der Waals surface area contributed by atoms with Crippen LogP contribution in [0.1, 0.15) is 11.9 Å².